The van der Waals surface area contributed by atoms with Gasteiger partial charge in [0.2, 0.25) is 0 Å². The van der Waals surface area contributed by atoms with E-state index in [1.807, 2.05) is 6.07 Å². The first-order chi connectivity index (χ1) is 15.6. The molecule has 0 unspecified atom stereocenters. The zero-order valence-electron chi connectivity index (χ0n) is 19.1. The zero-order chi connectivity index (χ0) is 22.5. The molecule has 0 spiro atoms. The average molecular weight is 422 g/mol. The van der Waals surface area contributed by atoms with E-state index in [2.05, 4.69) is 117 Å². The van der Waals surface area contributed by atoms with Crippen LogP contribution in [0.5, 0.6) is 0 Å². The van der Waals surface area contributed by atoms with Gasteiger partial charge in [0.25, 0.3) is 0 Å². The van der Waals surface area contributed by atoms with Crippen molar-refractivity contribution in [1.29, 1.82) is 0 Å². The molecule has 162 valence electrons. The second-order valence-electron chi connectivity index (χ2n) is 8.55. The molecule has 0 atom stereocenters. The maximum absolute atomic E-state index is 9.27. The Morgan fingerprint density at radius 1 is 0.688 bits per heavy atom. The van der Waals surface area contributed by atoms with Crippen LogP contribution in [0.2, 0.25) is 0 Å². The molecule has 0 saturated heterocycles. The van der Waals surface area contributed by atoms with Gasteiger partial charge in [0, 0.05) is 23.7 Å². The molecule has 2 heteroatoms. The molecule has 0 aliphatic rings. The second-order valence-corrected chi connectivity index (χ2v) is 8.55. The van der Waals surface area contributed by atoms with Gasteiger partial charge in [-0.3, -0.25) is 0 Å². The lowest BCUT2D eigenvalue weighted by Crippen LogP contribution is -2.11. The van der Waals surface area contributed by atoms with Crippen molar-refractivity contribution >= 4 is 17.1 Å². The Labute approximate surface area is 191 Å². The fourth-order valence-electron chi connectivity index (χ4n) is 4.25. The highest BCUT2D eigenvalue weighted by Gasteiger charge is 2.17. The molecule has 2 nitrogen and oxygen atoms in total. The van der Waals surface area contributed by atoms with E-state index in [0.29, 0.717) is 12.3 Å². The summed E-state index contributed by atoms with van der Waals surface area (Å²) in [7, 11) is 0. The van der Waals surface area contributed by atoms with Gasteiger partial charge in [-0.15, -0.1) is 0 Å². The number of rotatable bonds is 7. The molecular weight excluding hydrogens is 390 g/mol. The summed E-state index contributed by atoms with van der Waals surface area (Å²) >= 11 is 0. The summed E-state index contributed by atoms with van der Waals surface area (Å²) in [5, 5.41) is 9.27. The first-order valence-electron chi connectivity index (χ1n) is 11.3. The van der Waals surface area contributed by atoms with E-state index in [9.17, 15) is 5.11 Å². The van der Waals surface area contributed by atoms with Crippen molar-refractivity contribution in [2.75, 3.05) is 11.5 Å². The van der Waals surface area contributed by atoms with Crippen molar-refractivity contribution in [3.8, 4) is 11.1 Å². The Hall–Kier alpha value is -3.36. The van der Waals surface area contributed by atoms with Crippen molar-refractivity contribution in [3.05, 3.63) is 114 Å². The Morgan fingerprint density at radius 2 is 1.31 bits per heavy atom. The summed E-state index contributed by atoms with van der Waals surface area (Å²) in [6, 6.07) is 34.4. The topological polar surface area (TPSA) is 23.5 Å². The Morgan fingerprint density at radius 3 is 1.97 bits per heavy atom. The third-order valence-corrected chi connectivity index (χ3v) is 5.96. The highest BCUT2D eigenvalue weighted by molar-refractivity contribution is 5.80. The van der Waals surface area contributed by atoms with Gasteiger partial charge in [-0.05, 0) is 83.5 Å². The zero-order valence-corrected chi connectivity index (χ0v) is 19.1. The number of anilines is 3. The molecule has 0 saturated carbocycles. The summed E-state index contributed by atoms with van der Waals surface area (Å²) in [4.78, 5) is 2.30. The van der Waals surface area contributed by atoms with Crippen molar-refractivity contribution in [1.82, 2.24) is 0 Å². The van der Waals surface area contributed by atoms with E-state index < -0.39 is 0 Å². The van der Waals surface area contributed by atoms with Gasteiger partial charge in [0.05, 0.1) is 0 Å². The molecule has 32 heavy (non-hydrogen) atoms. The number of hydrogen-bond acceptors (Lipinski definition) is 2. The highest BCUT2D eigenvalue weighted by Crippen LogP contribution is 2.39. The van der Waals surface area contributed by atoms with Crippen LogP contribution in [-0.4, -0.2) is 11.7 Å². The van der Waals surface area contributed by atoms with Crippen LogP contribution in [0.3, 0.4) is 0 Å². The van der Waals surface area contributed by atoms with Crippen molar-refractivity contribution in [3.63, 3.8) is 0 Å². The van der Waals surface area contributed by atoms with E-state index in [4.69, 9.17) is 0 Å². The lowest BCUT2D eigenvalue weighted by atomic mass is 9.90. The summed E-state index contributed by atoms with van der Waals surface area (Å²) in [5.41, 5.74) is 9.75. The predicted octanol–water partition coefficient (Wildman–Crippen LogP) is 7.79. The largest absolute Gasteiger partial charge is 0.396 e. The minimum absolute atomic E-state index is 0.167. The molecule has 1 N–H and O–H groups in total. The smallest absolute Gasteiger partial charge is 0.0471 e. The standard InChI is InChI=1S/C30H31NO/c1-22(2)30-21-27(17-18-29(30)28-12-8-7-9-23(28)3)31(25-10-5-4-6-11-25)26-15-13-24(14-16-26)19-20-32/h4-18,21-22,32H,19-20H2,1-3H3. The quantitative estimate of drug-likeness (QED) is 0.329. The second kappa shape index (κ2) is 9.84. The molecule has 0 bridgehead atoms. The Kier molecular flexibility index (Phi) is 6.72. The summed E-state index contributed by atoms with van der Waals surface area (Å²) in [5.74, 6) is 0.397. The molecule has 4 rings (SSSR count). The van der Waals surface area contributed by atoms with Crippen LogP contribution in [0, 0.1) is 6.92 Å². The first-order valence-corrected chi connectivity index (χ1v) is 11.3. The maximum Gasteiger partial charge on any atom is 0.0471 e. The Bertz CT molecular complexity index is 1160. The SMILES string of the molecule is Cc1ccccc1-c1ccc(N(c2ccccc2)c2ccc(CCO)cc2)cc1C(C)C. The van der Waals surface area contributed by atoms with Gasteiger partial charge < -0.3 is 10.0 Å². The molecule has 0 radical (unpaired) electrons. The molecule has 0 aromatic heterocycles. The highest BCUT2D eigenvalue weighted by atomic mass is 16.2. The summed E-state index contributed by atoms with van der Waals surface area (Å²) < 4.78 is 0. The van der Waals surface area contributed by atoms with Crippen LogP contribution in [0.1, 0.15) is 36.5 Å². The van der Waals surface area contributed by atoms with E-state index in [-0.39, 0.29) is 6.61 Å². The van der Waals surface area contributed by atoms with Gasteiger partial charge in [-0.25, -0.2) is 0 Å². The van der Waals surface area contributed by atoms with Crippen molar-refractivity contribution < 1.29 is 5.11 Å². The fraction of sp³-hybridized carbons (Fsp3) is 0.200. The third-order valence-electron chi connectivity index (χ3n) is 5.96. The number of benzene rings is 4. The number of nitrogens with zero attached hydrogens (tertiary/aromatic N) is 1. The minimum atomic E-state index is 0.167. The minimum Gasteiger partial charge on any atom is -0.396 e. The fourth-order valence-corrected chi connectivity index (χ4v) is 4.25. The van der Waals surface area contributed by atoms with Crippen LogP contribution in [0.25, 0.3) is 11.1 Å². The van der Waals surface area contributed by atoms with Gasteiger partial charge in [0.1, 0.15) is 0 Å². The van der Waals surface area contributed by atoms with Gasteiger partial charge in [-0.2, -0.15) is 0 Å². The van der Waals surface area contributed by atoms with Crippen LogP contribution in [0.15, 0.2) is 97.1 Å². The first kappa shape index (κ1) is 21.9. The molecule has 0 amide bonds. The van der Waals surface area contributed by atoms with Crippen LogP contribution in [-0.2, 0) is 6.42 Å². The third kappa shape index (κ3) is 4.61. The summed E-state index contributed by atoms with van der Waals surface area (Å²) in [6.07, 6.45) is 0.675. The van der Waals surface area contributed by atoms with E-state index in [1.54, 1.807) is 0 Å². The molecule has 4 aromatic carbocycles. The van der Waals surface area contributed by atoms with Crippen LogP contribution in [0.4, 0.5) is 17.1 Å². The van der Waals surface area contributed by atoms with Crippen molar-refractivity contribution in [2.24, 2.45) is 0 Å². The van der Waals surface area contributed by atoms with Crippen LogP contribution < -0.4 is 4.90 Å². The number of aryl methyl sites for hydroxylation is 1. The number of para-hydroxylation sites is 1. The Balaban J connectivity index is 1.84. The van der Waals surface area contributed by atoms with E-state index in [0.717, 1.165) is 22.6 Å². The van der Waals surface area contributed by atoms with E-state index >= 15 is 0 Å². The molecule has 0 aliphatic carbocycles. The molecule has 0 fully saturated rings. The predicted molar refractivity (Wildman–Crippen MR) is 136 cm³/mol. The number of hydrogen-bond donors (Lipinski definition) is 1. The molecule has 0 aliphatic heterocycles. The van der Waals surface area contributed by atoms with Gasteiger partial charge in [0.15, 0.2) is 0 Å². The monoisotopic (exact) mass is 421 g/mol. The molecular formula is C30H31NO. The molecule has 0 heterocycles. The summed E-state index contributed by atoms with van der Waals surface area (Å²) in [6.45, 7) is 6.87. The normalized spacial score (nSPS) is 11.0. The lowest BCUT2D eigenvalue weighted by Gasteiger charge is -2.27. The number of aliphatic hydroxyl groups is 1. The maximum atomic E-state index is 9.27. The van der Waals surface area contributed by atoms with Crippen LogP contribution >= 0.6 is 0 Å². The lowest BCUT2D eigenvalue weighted by molar-refractivity contribution is 0.299. The van der Waals surface area contributed by atoms with Gasteiger partial charge in [-0.1, -0.05) is 74.5 Å². The molecule has 4 aromatic rings. The average Bonchev–Trinajstić information content (AvgIpc) is 2.82. The van der Waals surface area contributed by atoms with Crippen molar-refractivity contribution in [2.45, 2.75) is 33.1 Å². The van der Waals surface area contributed by atoms with Gasteiger partial charge >= 0.3 is 0 Å². The van der Waals surface area contributed by atoms with E-state index in [1.165, 1.54) is 22.3 Å². The number of aliphatic hydroxyl groups excluding tert-OH is 1.